The number of piperidine rings is 1. The number of nitrogens with two attached hydrogens (primary N) is 2. The number of hydrogen-bond donors (Lipinski definition) is 2. The van der Waals surface area contributed by atoms with Crippen molar-refractivity contribution in [1.29, 1.82) is 5.26 Å². The molecular formula is C27H30N7O3+. The van der Waals surface area contributed by atoms with Gasteiger partial charge < -0.3 is 16.2 Å². The Hall–Kier alpha value is -4.39. The first kappa shape index (κ1) is 24.3. The quantitative estimate of drug-likeness (QED) is 0.507. The summed E-state index contributed by atoms with van der Waals surface area (Å²) < 4.78 is 5.18. The van der Waals surface area contributed by atoms with E-state index in [-0.39, 0.29) is 35.9 Å². The summed E-state index contributed by atoms with van der Waals surface area (Å²) in [6.07, 6.45) is 2.12. The average molecular weight is 501 g/mol. The van der Waals surface area contributed by atoms with Crippen LogP contribution in [0.1, 0.15) is 43.4 Å². The highest BCUT2D eigenvalue weighted by Crippen LogP contribution is 2.43. The summed E-state index contributed by atoms with van der Waals surface area (Å²) in [4.78, 5) is 36.8. The Balaban J connectivity index is 1.62. The number of nitrogens with zero attached hydrogens (tertiary/aromatic N) is 4. The van der Waals surface area contributed by atoms with E-state index in [9.17, 15) is 14.9 Å². The van der Waals surface area contributed by atoms with E-state index in [4.69, 9.17) is 16.2 Å². The molecule has 1 amide bonds. The van der Waals surface area contributed by atoms with Crippen LogP contribution < -0.4 is 26.3 Å². The van der Waals surface area contributed by atoms with Crippen LogP contribution in [0.5, 0.6) is 0 Å². The Bertz CT molecular complexity index is 1450. The maximum absolute atomic E-state index is 13.3. The van der Waals surface area contributed by atoms with Crippen LogP contribution in [0, 0.1) is 17.2 Å². The number of esters is 1. The first-order valence-corrected chi connectivity index (χ1v) is 12.6. The molecule has 3 aromatic rings. The maximum atomic E-state index is 13.3. The number of nitrogens with one attached hydrogen (secondary N) is 1. The number of nitriles is 1. The molecule has 190 valence electrons. The van der Waals surface area contributed by atoms with Crippen molar-refractivity contribution in [1.82, 2.24) is 4.98 Å². The highest BCUT2D eigenvalue weighted by atomic mass is 16.5. The fourth-order valence-corrected chi connectivity index (χ4v) is 5.38. The molecule has 0 saturated carbocycles. The summed E-state index contributed by atoms with van der Waals surface area (Å²) in [6.45, 7) is 5.31. The number of pyridine rings is 2. The summed E-state index contributed by atoms with van der Waals surface area (Å²) in [7, 11) is 0. The van der Waals surface area contributed by atoms with Gasteiger partial charge in [-0.1, -0.05) is 19.1 Å². The van der Waals surface area contributed by atoms with Gasteiger partial charge in [-0.15, -0.1) is 0 Å². The molecule has 0 atom stereocenters. The number of aromatic amines is 1. The molecule has 37 heavy (non-hydrogen) atoms. The van der Waals surface area contributed by atoms with E-state index in [1.54, 1.807) is 11.8 Å². The van der Waals surface area contributed by atoms with Gasteiger partial charge >= 0.3 is 5.97 Å². The first-order valence-electron chi connectivity index (χ1n) is 12.6. The minimum atomic E-state index is -0.188. The SMILES string of the molecule is CCOC(=O)C1CCN(c2[nH+]c(N)c3c(N)nc4c(c3c2C#N)CC(=O)N4c2cccc(CC)c2)CC1. The summed E-state index contributed by atoms with van der Waals surface area (Å²) in [5.41, 5.74) is 15.6. The standard InChI is InChI=1S/C27H29N7O3/c1-3-15-6-5-7-17(12-15)34-20(35)13-18-21-19(14-28)25(31-23(29)22(21)24(30)32-26(18)34)33-10-8-16(9-11-33)27(36)37-4-2/h5-7,12,16H,3-4,8-11,13H2,1-2H3,(H2,29,31)(H2,30,32)/p+1. The average Bonchev–Trinajstić information content (AvgIpc) is 3.24. The third kappa shape index (κ3) is 4.06. The summed E-state index contributed by atoms with van der Waals surface area (Å²) in [5, 5.41) is 11.3. The van der Waals surface area contributed by atoms with Crippen molar-refractivity contribution in [3.8, 4) is 6.07 Å². The van der Waals surface area contributed by atoms with E-state index in [0.29, 0.717) is 71.8 Å². The second-order valence-electron chi connectivity index (χ2n) is 9.37. The van der Waals surface area contributed by atoms with Crippen LogP contribution in [0.3, 0.4) is 0 Å². The van der Waals surface area contributed by atoms with Gasteiger partial charge in [-0.3, -0.25) is 19.4 Å². The lowest BCUT2D eigenvalue weighted by Crippen LogP contribution is -2.40. The van der Waals surface area contributed by atoms with Crippen LogP contribution in [-0.4, -0.2) is 36.6 Å². The monoisotopic (exact) mass is 500 g/mol. The van der Waals surface area contributed by atoms with Gasteiger partial charge in [-0.05, 0) is 43.9 Å². The van der Waals surface area contributed by atoms with E-state index in [2.05, 4.69) is 23.0 Å². The Morgan fingerprint density at radius 3 is 2.68 bits per heavy atom. The minimum Gasteiger partial charge on any atom is -0.466 e. The number of ether oxygens (including phenoxy) is 1. The summed E-state index contributed by atoms with van der Waals surface area (Å²) in [5.74, 6) is 0.912. The lowest BCUT2D eigenvalue weighted by molar-refractivity contribution is -0.345. The number of anilines is 5. The molecule has 1 fully saturated rings. The molecule has 2 aromatic heterocycles. The Labute approximate surface area is 214 Å². The molecule has 1 saturated heterocycles. The van der Waals surface area contributed by atoms with Crippen molar-refractivity contribution < 1.29 is 19.3 Å². The van der Waals surface area contributed by atoms with Crippen LogP contribution in [0.25, 0.3) is 10.8 Å². The van der Waals surface area contributed by atoms with E-state index in [1.807, 2.05) is 29.2 Å². The summed E-state index contributed by atoms with van der Waals surface area (Å²) >= 11 is 0. The minimum absolute atomic E-state index is 0.0813. The number of nitrogen functional groups attached to an aromatic ring is 2. The number of aromatic nitrogens is 2. The molecule has 5 rings (SSSR count). The Morgan fingerprint density at radius 1 is 1.24 bits per heavy atom. The third-order valence-electron chi connectivity index (χ3n) is 7.22. The van der Waals surface area contributed by atoms with Crippen LogP contribution in [0.15, 0.2) is 24.3 Å². The number of rotatable bonds is 5. The van der Waals surface area contributed by atoms with Gasteiger partial charge in [0.15, 0.2) is 0 Å². The van der Waals surface area contributed by atoms with Gasteiger partial charge in [0, 0.05) is 10.9 Å². The van der Waals surface area contributed by atoms with Crippen molar-refractivity contribution >= 4 is 51.6 Å². The number of aryl methyl sites for hydroxylation is 1. The second kappa shape index (κ2) is 9.58. The zero-order valence-corrected chi connectivity index (χ0v) is 21.0. The van der Waals surface area contributed by atoms with Crippen molar-refractivity contribution in [2.24, 2.45) is 5.92 Å². The number of fused-ring (bicyclic) bond motifs is 3. The predicted molar refractivity (Wildman–Crippen MR) is 140 cm³/mol. The largest absolute Gasteiger partial charge is 0.466 e. The molecule has 2 aliphatic heterocycles. The zero-order valence-electron chi connectivity index (χ0n) is 21.0. The Morgan fingerprint density at radius 2 is 2.00 bits per heavy atom. The molecule has 0 unspecified atom stereocenters. The molecular weight excluding hydrogens is 470 g/mol. The zero-order chi connectivity index (χ0) is 26.3. The Kier molecular flexibility index (Phi) is 6.29. The maximum Gasteiger partial charge on any atom is 0.309 e. The summed E-state index contributed by atoms with van der Waals surface area (Å²) in [6, 6.07) is 10.1. The predicted octanol–water partition coefficient (Wildman–Crippen LogP) is 2.65. The lowest BCUT2D eigenvalue weighted by Gasteiger charge is -2.29. The molecule has 10 heteroatoms. The molecule has 10 nitrogen and oxygen atoms in total. The number of H-pyrrole nitrogens is 1. The fraction of sp³-hybridized carbons (Fsp3) is 0.370. The number of amides is 1. The molecule has 1 aromatic carbocycles. The smallest absolute Gasteiger partial charge is 0.309 e. The molecule has 0 radical (unpaired) electrons. The van der Waals surface area contributed by atoms with Crippen molar-refractivity contribution in [2.75, 3.05) is 41.0 Å². The van der Waals surface area contributed by atoms with E-state index >= 15 is 0 Å². The van der Waals surface area contributed by atoms with E-state index in [1.165, 1.54) is 0 Å². The van der Waals surface area contributed by atoms with Gasteiger partial charge in [0.1, 0.15) is 23.3 Å². The van der Waals surface area contributed by atoms with Crippen LogP contribution >= 0.6 is 0 Å². The molecule has 0 bridgehead atoms. The van der Waals surface area contributed by atoms with Crippen molar-refractivity contribution in [3.05, 3.63) is 41.0 Å². The van der Waals surface area contributed by atoms with E-state index < -0.39 is 0 Å². The van der Waals surface area contributed by atoms with Gasteiger partial charge in [-0.2, -0.15) is 5.26 Å². The molecule has 5 N–H and O–H groups in total. The number of hydrogen-bond acceptors (Lipinski definition) is 8. The van der Waals surface area contributed by atoms with Gasteiger partial charge in [0.25, 0.3) is 0 Å². The van der Waals surface area contributed by atoms with Gasteiger partial charge in [-0.25, -0.2) is 9.97 Å². The second-order valence-corrected chi connectivity index (χ2v) is 9.37. The number of carbonyl (C=O) groups is 2. The third-order valence-corrected chi connectivity index (χ3v) is 7.22. The molecule has 2 aliphatic rings. The molecule has 0 aliphatic carbocycles. The molecule has 0 spiro atoms. The number of carbonyl (C=O) groups excluding carboxylic acids is 2. The molecule has 4 heterocycles. The number of benzene rings is 1. The van der Waals surface area contributed by atoms with Crippen LogP contribution in [0.4, 0.5) is 29.0 Å². The van der Waals surface area contributed by atoms with Crippen LogP contribution in [0.2, 0.25) is 0 Å². The van der Waals surface area contributed by atoms with Gasteiger partial charge in [0.05, 0.1) is 43.1 Å². The normalized spacial score (nSPS) is 15.6. The highest BCUT2D eigenvalue weighted by Gasteiger charge is 2.37. The fourth-order valence-electron chi connectivity index (χ4n) is 5.38. The highest BCUT2D eigenvalue weighted by molar-refractivity contribution is 6.15. The van der Waals surface area contributed by atoms with E-state index in [0.717, 1.165) is 12.0 Å². The van der Waals surface area contributed by atoms with Gasteiger partial charge in [0.2, 0.25) is 17.5 Å². The van der Waals surface area contributed by atoms with Crippen molar-refractivity contribution in [3.63, 3.8) is 0 Å². The lowest BCUT2D eigenvalue weighted by atomic mass is 9.95. The topological polar surface area (TPSA) is 153 Å². The van der Waals surface area contributed by atoms with Crippen molar-refractivity contribution in [2.45, 2.75) is 39.5 Å². The first-order chi connectivity index (χ1) is 17.9. The van der Waals surface area contributed by atoms with Crippen LogP contribution in [-0.2, 0) is 27.2 Å².